The van der Waals surface area contributed by atoms with Gasteiger partial charge in [-0.1, -0.05) is 43.2 Å². The van der Waals surface area contributed by atoms with E-state index in [1.807, 2.05) is 0 Å². The molecular weight excluding hydrogens is 228 g/mol. The lowest BCUT2D eigenvalue weighted by molar-refractivity contribution is -0.124. The molecule has 3 nitrogen and oxygen atoms in total. The zero-order valence-electron chi connectivity index (χ0n) is 8.70. The number of rotatable bonds is 3. The summed E-state index contributed by atoms with van der Waals surface area (Å²) in [7, 11) is 0. The maximum Gasteiger partial charge on any atom is 0.239 e. The lowest BCUT2D eigenvalue weighted by Crippen LogP contribution is -2.42. The summed E-state index contributed by atoms with van der Waals surface area (Å²) in [5.41, 5.74) is 0. The standard InChI is InChI=1S/C10H16N2OS2/c13-9-6-15-10(14)12(9)7-11-8-4-2-1-3-5-8/h8,11H,1-7H2. The number of carbonyl (C=O) groups is 1. The van der Waals surface area contributed by atoms with Crippen molar-refractivity contribution in [2.24, 2.45) is 0 Å². The second-order valence-corrected chi connectivity index (χ2v) is 5.68. The van der Waals surface area contributed by atoms with Crippen LogP contribution in [0.1, 0.15) is 32.1 Å². The summed E-state index contributed by atoms with van der Waals surface area (Å²) in [6.07, 6.45) is 6.45. The number of amides is 1. The van der Waals surface area contributed by atoms with Crippen LogP contribution in [0.25, 0.3) is 0 Å². The number of thiocarbonyl (C=S) groups is 1. The summed E-state index contributed by atoms with van der Waals surface area (Å²) >= 11 is 6.58. The van der Waals surface area contributed by atoms with E-state index in [2.05, 4.69) is 5.32 Å². The number of nitrogens with zero attached hydrogens (tertiary/aromatic N) is 1. The van der Waals surface area contributed by atoms with Crippen LogP contribution in [-0.2, 0) is 4.79 Å². The zero-order chi connectivity index (χ0) is 10.7. The van der Waals surface area contributed by atoms with Gasteiger partial charge in [-0.2, -0.15) is 0 Å². The van der Waals surface area contributed by atoms with E-state index in [9.17, 15) is 4.79 Å². The van der Waals surface area contributed by atoms with Crippen LogP contribution >= 0.6 is 24.0 Å². The smallest absolute Gasteiger partial charge is 0.239 e. The van der Waals surface area contributed by atoms with E-state index in [1.165, 1.54) is 43.9 Å². The van der Waals surface area contributed by atoms with Gasteiger partial charge in [0.2, 0.25) is 5.91 Å². The van der Waals surface area contributed by atoms with E-state index in [4.69, 9.17) is 12.2 Å². The minimum Gasteiger partial charge on any atom is -0.297 e. The first kappa shape index (κ1) is 11.4. The largest absolute Gasteiger partial charge is 0.297 e. The van der Waals surface area contributed by atoms with Crippen LogP contribution < -0.4 is 5.32 Å². The van der Waals surface area contributed by atoms with Gasteiger partial charge in [-0.05, 0) is 12.8 Å². The Hall–Kier alpha value is -0.130. The molecule has 0 bridgehead atoms. The molecule has 1 aliphatic heterocycles. The fourth-order valence-electron chi connectivity index (χ4n) is 2.06. The molecule has 0 aromatic rings. The Labute approximate surface area is 100.0 Å². The SMILES string of the molecule is O=C1CSC(=S)N1CNC1CCCCC1. The third-order valence-electron chi connectivity index (χ3n) is 2.98. The molecule has 2 aliphatic rings. The molecule has 0 unspecified atom stereocenters. The first-order valence-corrected chi connectivity index (χ1v) is 6.87. The first-order chi connectivity index (χ1) is 7.27. The van der Waals surface area contributed by atoms with E-state index in [-0.39, 0.29) is 5.91 Å². The fourth-order valence-corrected chi connectivity index (χ4v) is 3.13. The molecule has 0 aromatic heterocycles. The highest BCUT2D eigenvalue weighted by Crippen LogP contribution is 2.20. The van der Waals surface area contributed by atoms with Crippen LogP contribution in [0, 0.1) is 0 Å². The second-order valence-electron chi connectivity index (χ2n) is 4.07. The Kier molecular flexibility index (Phi) is 3.99. The Balaban J connectivity index is 1.76. The minimum atomic E-state index is 0.147. The zero-order valence-corrected chi connectivity index (χ0v) is 10.3. The second kappa shape index (κ2) is 5.27. The summed E-state index contributed by atoms with van der Waals surface area (Å²) in [6.45, 7) is 0.606. The van der Waals surface area contributed by atoms with E-state index in [1.54, 1.807) is 4.90 Å². The van der Waals surface area contributed by atoms with E-state index < -0.39 is 0 Å². The van der Waals surface area contributed by atoms with Crippen molar-refractivity contribution in [3.05, 3.63) is 0 Å². The Morgan fingerprint density at radius 2 is 2.13 bits per heavy atom. The number of carbonyl (C=O) groups excluding carboxylic acids is 1. The van der Waals surface area contributed by atoms with Crippen molar-refractivity contribution in [2.45, 2.75) is 38.1 Å². The van der Waals surface area contributed by atoms with Crippen molar-refractivity contribution in [1.29, 1.82) is 0 Å². The molecule has 2 rings (SSSR count). The lowest BCUT2D eigenvalue weighted by Gasteiger charge is -2.25. The van der Waals surface area contributed by atoms with Gasteiger partial charge in [-0.15, -0.1) is 0 Å². The molecule has 0 spiro atoms. The summed E-state index contributed by atoms with van der Waals surface area (Å²) in [5, 5.41) is 3.43. The lowest BCUT2D eigenvalue weighted by atomic mass is 9.96. The van der Waals surface area contributed by atoms with Gasteiger partial charge in [-0.3, -0.25) is 15.0 Å². The molecule has 1 aliphatic carbocycles. The molecule has 5 heteroatoms. The average molecular weight is 244 g/mol. The fraction of sp³-hybridized carbons (Fsp3) is 0.800. The summed E-state index contributed by atoms with van der Waals surface area (Å²) in [5.74, 6) is 0.666. The molecule has 15 heavy (non-hydrogen) atoms. The highest BCUT2D eigenvalue weighted by Gasteiger charge is 2.26. The number of thioether (sulfide) groups is 1. The molecular formula is C10H16N2OS2. The van der Waals surface area contributed by atoms with E-state index >= 15 is 0 Å². The summed E-state index contributed by atoms with van der Waals surface area (Å²) < 4.78 is 0.725. The van der Waals surface area contributed by atoms with Gasteiger partial charge in [0.25, 0.3) is 0 Å². The predicted molar refractivity (Wildman–Crippen MR) is 66.8 cm³/mol. The molecule has 1 heterocycles. The predicted octanol–water partition coefficient (Wildman–Crippen LogP) is 1.73. The van der Waals surface area contributed by atoms with Gasteiger partial charge in [0.1, 0.15) is 4.32 Å². The molecule has 0 atom stereocenters. The monoisotopic (exact) mass is 244 g/mol. The maximum absolute atomic E-state index is 11.4. The van der Waals surface area contributed by atoms with Gasteiger partial charge in [-0.25, -0.2) is 0 Å². The quantitative estimate of drug-likeness (QED) is 0.766. The van der Waals surface area contributed by atoms with Gasteiger partial charge >= 0.3 is 0 Å². The van der Waals surface area contributed by atoms with Crippen molar-refractivity contribution >= 4 is 34.2 Å². The number of hydrogen-bond acceptors (Lipinski definition) is 4. The first-order valence-electron chi connectivity index (χ1n) is 5.48. The topological polar surface area (TPSA) is 32.3 Å². The average Bonchev–Trinajstić information content (AvgIpc) is 2.58. The van der Waals surface area contributed by atoms with E-state index in [0.29, 0.717) is 18.5 Å². The molecule has 0 aromatic carbocycles. The van der Waals surface area contributed by atoms with E-state index in [0.717, 1.165) is 4.32 Å². The number of hydrogen-bond donors (Lipinski definition) is 1. The van der Waals surface area contributed by atoms with Crippen molar-refractivity contribution < 1.29 is 4.79 Å². The molecule has 0 radical (unpaired) electrons. The van der Waals surface area contributed by atoms with Crippen molar-refractivity contribution in [3.63, 3.8) is 0 Å². The molecule has 2 fully saturated rings. The normalized spacial score (nSPS) is 23.9. The molecule has 1 saturated carbocycles. The Morgan fingerprint density at radius 3 is 2.73 bits per heavy atom. The Morgan fingerprint density at radius 1 is 1.40 bits per heavy atom. The highest BCUT2D eigenvalue weighted by atomic mass is 32.2. The van der Waals surface area contributed by atoms with Crippen LogP contribution in [0.4, 0.5) is 0 Å². The van der Waals surface area contributed by atoms with Gasteiger partial charge in [0.05, 0.1) is 12.4 Å². The van der Waals surface area contributed by atoms with Crippen LogP contribution in [0.3, 0.4) is 0 Å². The molecule has 84 valence electrons. The summed E-state index contributed by atoms with van der Waals surface area (Å²) in [6, 6.07) is 0.583. The molecule has 1 N–H and O–H groups in total. The van der Waals surface area contributed by atoms with Crippen LogP contribution in [-0.4, -0.2) is 33.6 Å². The Bertz CT molecular complexity index is 248. The van der Waals surface area contributed by atoms with Gasteiger partial charge < -0.3 is 0 Å². The van der Waals surface area contributed by atoms with Crippen LogP contribution in [0.15, 0.2) is 0 Å². The van der Waals surface area contributed by atoms with Gasteiger partial charge in [0, 0.05) is 6.04 Å². The third-order valence-corrected chi connectivity index (χ3v) is 4.42. The third kappa shape index (κ3) is 2.92. The molecule has 1 amide bonds. The number of nitrogens with one attached hydrogen (secondary N) is 1. The molecule has 1 saturated heterocycles. The van der Waals surface area contributed by atoms with Crippen LogP contribution in [0.5, 0.6) is 0 Å². The highest BCUT2D eigenvalue weighted by molar-refractivity contribution is 8.23. The van der Waals surface area contributed by atoms with Crippen molar-refractivity contribution in [1.82, 2.24) is 10.2 Å². The van der Waals surface area contributed by atoms with Crippen molar-refractivity contribution in [3.8, 4) is 0 Å². The van der Waals surface area contributed by atoms with Crippen LogP contribution in [0.2, 0.25) is 0 Å². The van der Waals surface area contributed by atoms with Gasteiger partial charge in [0.15, 0.2) is 0 Å². The van der Waals surface area contributed by atoms with Crippen molar-refractivity contribution in [2.75, 3.05) is 12.4 Å². The minimum absolute atomic E-state index is 0.147. The summed E-state index contributed by atoms with van der Waals surface area (Å²) in [4.78, 5) is 13.1. The maximum atomic E-state index is 11.4.